The summed E-state index contributed by atoms with van der Waals surface area (Å²) in [6.45, 7) is 0. The number of aromatic nitrogens is 3. The van der Waals surface area contributed by atoms with Crippen molar-refractivity contribution >= 4 is 17.2 Å². The van der Waals surface area contributed by atoms with E-state index in [0.29, 0.717) is 0 Å². The van der Waals surface area contributed by atoms with Crippen LogP contribution in [0, 0.1) is 0 Å². The Labute approximate surface area is 151 Å². The van der Waals surface area contributed by atoms with Gasteiger partial charge in [-0.3, -0.25) is 0 Å². The lowest BCUT2D eigenvalue weighted by atomic mass is 9.88. The first-order chi connectivity index (χ1) is 12.9. The van der Waals surface area contributed by atoms with Crippen molar-refractivity contribution < 1.29 is 4.74 Å². The lowest BCUT2D eigenvalue weighted by molar-refractivity contribution is 0.338. The van der Waals surface area contributed by atoms with Gasteiger partial charge in [0.25, 0.3) is 0 Å². The highest BCUT2D eigenvalue weighted by Crippen LogP contribution is 2.52. The van der Waals surface area contributed by atoms with Crippen molar-refractivity contribution in [2.24, 2.45) is 0 Å². The van der Waals surface area contributed by atoms with Gasteiger partial charge in [-0.15, -0.1) is 5.10 Å². The second-order valence-electron chi connectivity index (χ2n) is 6.37. The van der Waals surface area contributed by atoms with Gasteiger partial charge in [0.05, 0.1) is 5.52 Å². The fourth-order valence-electron chi connectivity index (χ4n) is 3.50. The van der Waals surface area contributed by atoms with Crippen molar-refractivity contribution in [3.05, 3.63) is 102 Å². The molecule has 1 fully saturated rings. The summed E-state index contributed by atoms with van der Waals surface area (Å²) in [5.74, 6) is 0. The van der Waals surface area contributed by atoms with Gasteiger partial charge in [-0.25, -0.2) is 4.68 Å². The Morgan fingerprint density at radius 2 is 1.42 bits per heavy atom. The number of hydrogen-bond acceptors (Lipinski definition) is 3. The molecule has 4 heteroatoms. The maximum Gasteiger partial charge on any atom is 0.149 e. The normalized spacial score (nSPS) is 18.4. The third-order valence-electron chi connectivity index (χ3n) is 4.84. The first kappa shape index (κ1) is 15.0. The maximum atomic E-state index is 6.24. The highest BCUT2D eigenvalue weighted by molar-refractivity contribution is 5.75. The Morgan fingerprint density at radius 1 is 0.808 bits per heavy atom. The fraction of sp³-hybridized carbons (Fsp3) is 0.0909. The topological polar surface area (TPSA) is 43.2 Å². The predicted octanol–water partition coefficient (Wildman–Crippen LogP) is 4.24. The number of para-hydroxylation sites is 1. The summed E-state index contributed by atoms with van der Waals surface area (Å²) < 4.78 is 8.03. The smallest absolute Gasteiger partial charge is 0.149 e. The molecule has 0 spiro atoms. The summed E-state index contributed by atoms with van der Waals surface area (Å²) >= 11 is 0. The zero-order valence-corrected chi connectivity index (χ0v) is 14.1. The van der Waals surface area contributed by atoms with Gasteiger partial charge in [0.2, 0.25) is 0 Å². The number of ether oxygens (including phenoxy) is 1. The van der Waals surface area contributed by atoms with E-state index in [4.69, 9.17) is 4.74 Å². The monoisotopic (exact) mass is 339 g/mol. The maximum absolute atomic E-state index is 6.24. The lowest BCUT2D eigenvalue weighted by Crippen LogP contribution is -2.14. The van der Waals surface area contributed by atoms with Crippen LogP contribution in [0.1, 0.15) is 11.1 Å². The molecule has 26 heavy (non-hydrogen) atoms. The number of benzene rings is 3. The van der Waals surface area contributed by atoms with Crippen molar-refractivity contribution in [1.82, 2.24) is 15.0 Å². The molecular weight excluding hydrogens is 322 g/mol. The van der Waals surface area contributed by atoms with Crippen molar-refractivity contribution in [2.45, 2.75) is 11.7 Å². The standard InChI is InChI=1S/C22H17N3O/c1-3-9-17(10-4-1)22(18-11-5-2-6-12-18)21(26-22)15-16-25-20-14-8-7-13-19(20)23-24-25/h1-16,21H/b16-15+. The van der Waals surface area contributed by atoms with Gasteiger partial charge in [0.1, 0.15) is 17.2 Å². The van der Waals surface area contributed by atoms with Crippen LogP contribution in [0.25, 0.3) is 17.2 Å². The summed E-state index contributed by atoms with van der Waals surface area (Å²) in [6, 6.07) is 28.6. The molecule has 0 amide bonds. The molecule has 0 radical (unpaired) electrons. The number of fused-ring (bicyclic) bond motifs is 1. The average molecular weight is 339 g/mol. The van der Waals surface area contributed by atoms with Crippen molar-refractivity contribution in [3.8, 4) is 0 Å². The molecule has 1 unspecified atom stereocenters. The Hall–Kier alpha value is -3.24. The Bertz CT molecular complexity index is 1030. The number of nitrogens with zero attached hydrogens (tertiary/aromatic N) is 3. The molecule has 126 valence electrons. The van der Waals surface area contributed by atoms with E-state index < -0.39 is 5.60 Å². The van der Waals surface area contributed by atoms with E-state index in [1.54, 1.807) is 4.68 Å². The molecule has 1 aromatic heterocycles. The van der Waals surface area contributed by atoms with Crippen molar-refractivity contribution in [1.29, 1.82) is 0 Å². The molecule has 1 aliphatic rings. The van der Waals surface area contributed by atoms with Crippen LogP contribution in [0.5, 0.6) is 0 Å². The number of rotatable bonds is 4. The van der Waals surface area contributed by atoms with Gasteiger partial charge in [0, 0.05) is 6.20 Å². The Morgan fingerprint density at radius 3 is 2.12 bits per heavy atom. The lowest BCUT2D eigenvalue weighted by Gasteiger charge is -2.13. The first-order valence-electron chi connectivity index (χ1n) is 8.65. The van der Waals surface area contributed by atoms with E-state index in [2.05, 4.69) is 40.7 Å². The minimum atomic E-state index is -0.435. The largest absolute Gasteiger partial charge is 0.351 e. The second-order valence-corrected chi connectivity index (χ2v) is 6.37. The fourth-order valence-corrected chi connectivity index (χ4v) is 3.50. The van der Waals surface area contributed by atoms with Gasteiger partial charge in [-0.1, -0.05) is 78.0 Å². The van der Waals surface area contributed by atoms with Gasteiger partial charge in [-0.2, -0.15) is 0 Å². The van der Waals surface area contributed by atoms with E-state index in [9.17, 15) is 0 Å². The molecule has 1 aliphatic heterocycles. The summed E-state index contributed by atoms with van der Waals surface area (Å²) in [6.07, 6.45) is 3.95. The molecule has 0 bridgehead atoms. The first-order valence-corrected chi connectivity index (χ1v) is 8.65. The molecule has 1 atom stereocenters. The van der Waals surface area contributed by atoms with Crippen LogP contribution in [0.2, 0.25) is 0 Å². The second kappa shape index (κ2) is 5.93. The van der Waals surface area contributed by atoms with E-state index >= 15 is 0 Å². The Balaban J connectivity index is 1.52. The molecule has 2 heterocycles. The molecule has 4 nitrogen and oxygen atoms in total. The van der Waals surface area contributed by atoms with Crippen LogP contribution < -0.4 is 0 Å². The average Bonchev–Trinajstić information content (AvgIpc) is 3.32. The molecule has 4 aromatic rings. The molecule has 3 aromatic carbocycles. The van der Waals surface area contributed by atoms with Gasteiger partial charge in [0.15, 0.2) is 0 Å². The zero-order valence-electron chi connectivity index (χ0n) is 14.1. The quantitative estimate of drug-likeness (QED) is 0.522. The molecule has 0 saturated carbocycles. The molecular formula is C22H17N3O. The molecule has 0 N–H and O–H groups in total. The van der Waals surface area contributed by atoms with Crippen LogP contribution in [-0.4, -0.2) is 21.1 Å². The van der Waals surface area contributed by atoms with Gasteiger partial charge >= 0.3 is 0 Å². The summed E-state index contributed by atoms with van der Waals surface area (Å²) in [5.41, 5.74) is 3.74. The zero-order chi connectivity index (χ0) is 17.4. The van der Waals surface area contributed by atoms with Crippen LogP contribution >= 0.6 is 0 Å². The molecule has 1 saturated heterocycles. The summed E-state index contributed by atoms with van der Waals surface area (Å²) in [5, 5.41) is 8.40. The van der Waals surface area contributed by atoms with Crippen LogP contribution in [0.15, 0.2) is 91.0 Å². The Kier molecular flexibility index (Phi) is 3.43. The molecule has 0 aliphatic carbocycles. The van der Waals surface area contributed by atoms with E-state index in [1.807, 2.05) is 66.9 Å². The minimum Gasteiger partial charge on any atom is -0.351 e. The van der Waals surface area contributed by atoms with Gasteiger partial charge in [-0.05, 0) is 29.3 Å². The van der Waals surface area contributed by atoms with Crippen molar-refractivity contribution in [2.75, 3.05) is 0 Å². The molecule has 5 rings (SSSR count). The summed E-state index contributed by atoms with van der Waals surface area (Å²) in [7, 11) is 0. The van der Waals surface area contributed by atoms with E-state index in [0.717, 1.165) is 22.2 Å². The van der Waals surface area contributed by atoms with E-state index in [1.165, 1.54) is 0 Å². The number of hydrogen-bond donors (Lipinski definition) is 0. The summed E-state index contributed by atoms with van der Waals surface area (Å²) in [4.78, 5) is 0. The third-order valence-corrected chi connectivity index (χ3v) is 4.84. The number of epoxide rings is 1. The van der Waals surface area contributed by atoms with E-state index in [-0.39, 0.29) is 6.10 Å². The van der Waals surface area contributed by atoms with Crippen LogP contribution in [-0.2, 0) is 10.3 Å². The highest BCUT2D eigenvalue weighted by atomic mass is 16.6. The SMILES string of the molecule is C(=C\n1nnc2ccccc21)/C1OC1(c1ccccc1)c1ccccc1. The predicted molar refractivity (Wildman–Crippen MR) is 101 cm³/mol. The third kappa shape index (κ3) is 2.35. The van der Waals surface area contributed by atoms with Crippen molar-refractivity contribution in [3.63, 3.8) is 0 Å². The van der Waals surface area contributed by atoms with Crippen LogP contribution in [0.3, 0.4) is 0 Å². The van der Waals surface area contributed by atoms with Gasteiger partial charge < -0.3 is 4.74 Å². The minimum absolute atomic E-state index is 0.0461. The van der Waals surface area contributed by atoms with Crippen LogP contribution in [0.4, 0.5) is 0 Å². The highest BCUT2D eigenvalue weighted by Gasteiger charge is 2.57.